The highest BCUT2D eigenvalue weighted by Gasteiger charge is 2.28. The van der Waals surface area contributed by atoms with Gasteiger partial charge in [0, 0.05) is 50.0 Å². The minimum absolute atomic E-state index is 0.206. The van der Waals surface area contributed by atoms with Crippen molar-refractivity contribution in [2.75, 3.05) is 44.7 Å². The number of carbonyl (C=O) groups excluding carboxylic acids is 1. The van der Waals surface area contributed by atoms with Gasteiger partial charge >= 0.3 is 0 Å². The third kappa shape index (κ3) is 5.32. The lowest BCUT2D eigenvalue weighted by atomic mass is 10.1. The number of piperazine rings is 1. The minimum atomic E-state index is -3.47. The molecule has 0 aromatic heterocycles. The number of fused-ring (bicyclic) bond motifs is 1. The molecule has 0 aliphatic carbocycles. The lowest BCUT2D eigenvalue weighted by Crippen LogP contribution is -2.48. The molecule has 1 saturated heterocycles. The summed E-state index contributed by atoms with van der Waals surface area (Å²) >= 11 is 0. The van der Waals surface area contributed by atoms with Crippen LogP contribution in [-0.4, -0.2) is 62.9 Å². The van der Waals surface area contributed by atoms with Crippen LogP contribution in [-0.2, 0) is 16.6 Å². The van der Waals surface area contributed by atoms with Gasteiger partial charge in [0.1, 0.15) is 13.2 Å². The van der Waals surface area contributed by atoms with Crippen LogP contribution in [0.5, 0.6) is 11.5 Å². The van der Waals surface area contributed by atoms with Gasteiger partial charge in [-0.05, 0) is 42.0 Å². The van der Waals surface area contributed by atoms with Gasteiger partial charge in [0.25, 0.3) is 5.91 Å². The predicted octanol–water partition coefficient (Wildman–Crippen LogP) is 3.22. The summed E-state index contributed by atoms with van der Waals surface area (Å²) in [6.07, 6.45) is 0. The van der Waals surface area contributed by atoms with Gasteiger partial charge in [0.05, 0.1) is 4.90 Å². The maximum absolute atomic E-state index is 12.8. The summed E-state index contributed by atoms with van der Waals surface area (Å²) in [6.45, 7) is 3.76. The Labute approximate surface area is 205 Å². The van der Waals surface area contributed by atoms with E-state index >= 15 is 0 Å². The SMILES string of the molecule is O=C(Nc1ccc2c(c1)OCCO2)c1cccc(CN2CCN(S(=O)(=O)c3ccccc3)CC2)c1. The van der Waals surface area contributed by atoms with Gasteiger partial charge in [-0.15, -0.1) is 0 Å². The molecule has 2 heterocycles. The quantitative estimate of drug-likeness (QED) is 0.567. The van der Waals surface area contributed by atoms with Crippen LogP contribution in [0, 0.1) is 0 Å². The second-order valence-corrected chi connectivity index (χ2v) is 10.4. The number of carbonyl (C=O) groups is 1. The third-order valence-corrected chi connectivity index (χ3v) is 8.02. The molecule has 1 N–H and O–H groups in total. The van der Waals surface area contributed by atoms with Crippen molar-refractivity contribution in [3.8, 4) is 11.5 Å². The Balaban J connectivity index is 1.19. The fraction of sp³-hybridized carbons (Fsp3) is 0.269. The number of anilines is 1. The van der Waals surface area contributed by atoms with Crippen LogP contribution in [0.2, 0.25) is 0 Å². The molecule has 1 fully saturated rings. The molecule has 0 unspecified atom stereocenters. The van der Waals surface area contributed by atoms with E-state index in [1.54, 1.807) is 48.5 Å². The van der Waals surface area contributed by atoms with Crippen LogP contribution in [0.4, 0.5) is 5.69 Å². The van der Waals surface area contributed by atoms with Gasteiger partial charge in [-0.2, -0.15) is 4.31 Å². The van der Waals surface area contributed by atoms with Crippen molar-refractivity contribution >= 4 is 21.6 Å². The Hall–Kier alpha value is -3.40. The van der Waals surface area contributed by atoms with Gasteiger partial charge in [0.2, 0.25) is 10.0 Å². The number of sulfonamides is 1. The van der Waals surface area contributed by atoms with Gasteiger partial charge in [0.15, 0.2) is 11.5 Å². The highest BCUT2D eigenvalue weighted by molar-refractivity contribution is 7.89. The molecule has 3 aromatic rings. The number of hydrogen-bond donors (Lipinski definition) is 1. The third-order valence-electron chi connectivity index (χ3n) is 6.11. The largest absolute Gasteiger partial charge is 0.486 e. The molecule has 2 aliphatic rings. The van der Waals surface area contributed by atoms with E-state index in [0.29, 0.717) is 73.6 Å². The van der Waals surface area contributed by atoms with E-state index in [9.17, 15) is 13.2 Å². The molecule has 0 saturated carbocycles. The molecule has 1 amide bonds. The molecule has 5 rings (SSSR count). The Morgan fingerprint density at radius 1 is 0.829 bits per heavy atom. The van der Waals surface area contributed by atoms with E-state index in [0.717, 1.165) is 5.56 Å². The average Bonchev–Trinajstić information content (AvgIpc) is 2.89. The topological polar surface area (TPSA) is 88.2 Å². The zero-order valence-electron chi connectivity index (χ0n) is 19.2. The monoisotopic (exact) mass is 493 g/mol. The molecule has 3 aromatic carbocycles. The Kier molecular flexibility index (Phi) is 6.72. The van der Waals surface area contributed by atoms with Crippen LogP contribution < -0.4 is 14.8 Å². The summed E-state index contributed by atoms with van der Waals surface area (Å²) in [7, 11) is -3.47. The predicted molar refractivity (Wildman–Crippen MR) is 132 cm³/mol. The van der Waals surface area contributed by atoms with E-state index in [-0.39, 0.29) is 5.91 Å². The number of ether oxygens (including phenoxy) is 2. The summed E-state index contributed by atoms with van der Waals surface area (Å²) in [5.74, 6) is 1.09. The van der Waals surface area contributed by atoms with Gasteiger partial charge < -0.3 is 14.8 Å². The summed E-state index contributed by atoms with van der Waals surface area (Å²) in [5, 5.41) is 2.92. The smallest absolute Gasteiger partial charge is 0.255 e. The number of nitrogens with one attached hydrogen (secondary N) is 1. The number of amides is 1. The summed E-state index contributed by atoms with van der Waals surface area (Å²) in [4.78, 5) is 15.4. The fourth-order valence-electron chi connectivity index (χ4n) is 4.26. The molecule has 0 radical (unpaired) electrons. The van der Waals surface area contributed by atoms with Gasteiger partial charge in [-0.1, -0.05) is 30.3 Å². The van der Waals surface area contributed by atoms with Crippen molar-refractivity contribution in [2.45, 2.75) is 11.4 Å². The minimum Gasteiger partial charge on any atom is -0.486 e. The summed E-state index contributed by atoms with van der Waals surface area (Å²) < 4.78 is 38.3. The van der Waals surface area contributed by atoms with E-state index in [1.165, 1.54) is 4.31 Å². The van der Waals surface area contributed by atoms with Crippen LogP contribution >= 0.6 is 0 Å². The van der Waals surface area contributed by atoms with Crippen LogP contribution in [0.25, 0.3) is 0 Å². The zero-order valence-corrected chi connectivity index (χ0v) is 20.0. The molecule has 0 spiro atoms. The van der Waals surface area contributed by atoms with Crippen molar-refractivity contribution in [1.82, 2.24) is 9.21 Å². The lowest BCUT2D eigenvalue weighted by Gasteiger charge is -2.34. The first-order valence-corrected chi connectivity index (χ1v) is 13.0. The standard InChI is InChI=1S/C26H27N3O5S/c30-26(27-22-9-10-24-25(18-22)34-16-15-33-24)21-6-4-5-20(17-21)19-28-11-13-29(14-12-28)35(31,32)23-7-2-1-3-8-23/h1-10,17-18H,11-16,19H2,(H,27,30). The highest BCUT2D eigenvalue weighted by atomic mass is 32.2. The molecular weight excluding hydrogens is 466 g/mol. The molecule has 9 heteroatoms. The van der Waals surface area contributed by atoms with Gasteiger partial charge in [-0.25, -0.2) is 8.42 Å². The first-order valence-electron chi connectivity index (χ1n) is 11.6. The maximum atomic E-state index is 12.8. The second-order valence-electron chi connectivity index (χ2n) is 8.51. The van der Waals surface area contributed by atoms with E-state index in [1.807, 2.05) is 24.3 Å². The molecular formula is C26H27N3O5S. The summed E-state index contributed by atoms with van der Waals surface area (Å²) in [5.41, 5.74) is 2.20. The average molecular weight is 494 g/mol. The molecule has 0 bridgehead atoms. The van der Waals surface area contributed by atoms with E-state index in [4.69, 9.17) is 9.47 Å². The normalized spacial score (nSPS) is 16.6. The Morgan fingerprint density at radius 2 is 1.57 bits per heavy atom. The lowest BCUT2D eigenvalue weighted by molar-refractivity contribution is 0.102. The van der Waals surface area contributed by atoms with Crippen molar-refractivity contribution < 1.29 is 22.7 Å². The number of hydrogen-bond acceptors (Lipinski definition) is 6. The summed E-state index contributed by atoms with van der Waals surface area (Å²) in [6, 6.07) is 21.4. The van der Waals surface area contributed by atoms with Crippen molar-refractivity contribution in [3.05, 3.63) is 83.9 Å². The zero-order chi connectivity index (χ0) is 24.3. The second kappa shape index (κ2) is 10.1. The molecule has 182 valence electrons. The number of nitrogens with zero attached hydrogens (tertiary/aromatic N) is 2. The Bertz CT molecular complexity index is 1310. The van der Waals surface area contributed by atoms with Crippen LogP contribution in [0.1, 0.15) is 15.9 Å². The molecule has 8 nitrogen and oxygen atoms in total. The first-order chi connectivity index (χ1) is 17.0. The van der Waals surface area contributed by atoms with Crippen molar-refractivity contribution in [2.24, 2.45) is 0 Å². The van der Waals surface area contributed by atoms with Crippen molar-refractivity contribution in [1.29, 1.82) is 0 Å². The van der Waals surface area contributed by atoms with Crippen LogP contribution in [0.15, 0.2) is 77.7 Å². The maximum Gasteiger partial charge on any atom is 0.255 e. The number of benzene rings is 3. The fourth-order valence-corrected chi connectivity index (χ4v) is 5.71. The first kappa shape index (κ1) is 23.3. The Morgan fingerprint density at radius 3 is 2.34 bits per heavy atom. The highest BCUT2D eigenvalue weighted by Crippen LogP contribution is 2.32. The van der Waals surface area contributed by atoms with Gasteiger partial charge in [-0.3, -0.25) is 9.69 Å². The molecule has 0 atom stereocenters. The van der Waals surface area contributed by atoms with Crippen LogP contribution in [0.3, 0.4) is 0 Å². The van der Waals surface area contributed by atoms with E-state index in [2.05, 4.69) is 10.2 Å². The van der Waals surface area contributed by atoms with E-state index < -0.39 is 10.0 Å². The molecule has 2 aliphatic heterocycles. The number of rotatable bonds is 6. The molecule has 35 heavy (non-hydrogen) atoms. The van der Waals surface area contributed by atoms with Crippen molar-refractivity contribution in [3.63, 3.8) is 0 Å².